The van der Waals surface area contributed by atoms with Gasteiger partial charge >= 0.3 is 5.51 Å². The molecule has 0 aromatic carbocycles. The molecule has 0 aliphatic carbocycles. The van der Waals surface area contributed by atoms with E-state index in [4.69, 9.17) is 0 Å². The van der Waals surface area contributed by atoms with Gasteiger partial charge in [-0.25, -0.2) is 0 Å². The van der Waals surface area contributed by atoms with E-state index >= 15 is 0 Å². The molecular formula is C8H13F3N2OS. The van der Waals surface area contributed by atoms with E-state index in [2.05, 4.69) is 5.32 Å². The van der Waals surface area contributed by atoms with Crippen molar-refractivity contribution in [2.75, 3.05) is 31.9 Å². The zero-order valence-electron chi connectivity index (χ0n) is 8.14. The number of carbonyl (C=O) groups is 1. The molecule has 1 N–H and O–H groups in total. The zero-order chi connectivity index (χ0) is 11.3. The maximum atomic E-state index is 11.8. The van der Waals surface area contributed by atoms with Gasteiger partial charge in [0.25, 0.3) is 0 Å². The van der Waals surface area contributed by atoms with Crippen molar-refractivity contribution in [1.29, 1.82) is 0 Å². The maximum absolute atomic E-state index is 11.8. The lowest BCUT2D eigenvalue weighted by atomic mass is 10.4. The smallest absolute Gasteiger partial charge is 0.341 e. The molecule has 0 unspecified atom stereocenters. The lowest BCUT2D eigenvalue weighted by Crippen LogP contribution is -2.35. The largest absolute Gasteiger partial charge is 0.442 e. The summed E-state index contributed by atoms with van der Waals surface area (Å²) in [5.41, 5.74) is -4.32. The Morgan fingerprint density at radius 1 is 1.33 bits per heavy atom. The van der Waals surface area contributed by atoms with Gasteiger partial charge in [-0.2, -0.15) is 13.2 Å². The first-order chi connectivity index (χ1) is 6.99. The minimum absolute atomic E-state index is 0.269. The van der Waals surface area contributed by atoms with Crippen molar-refractivity contribution in [2.45, 2.75) is 11.9 Å². The standard InChI is InChI=1S/C8H13F3N2OS/c9-8(10,11)15-6-7(14)13-4-1-2-12-3-5-13/h12H,1-6H2. The zero-order valence-corrected chi connectivity index (χ0v) is 8.96. The van der Waals surface area contributed by atoms with Crippen molar-refractivity contribution in [3.8, 4) is 0 Å². The van der Waals surface area contributed by atoms with E-state index in [0.717, 1.165) is 13.0 Å². The topological polar surface area (TPSA) is 32.3 Å². The molecule has 1 fully saturated rings. The Morgan fingerprint density at radius 2 is 2.07 bits per heavy atom. The normalized spacial score (nSPS) is 18.7. The number of halogens is 3. The third-order valence-electron chi connectivity index (χ3n) is 2.05. The molecule has 0 aromatic rings. The van der Waals surface area contributed by atoms with Crippen molar-refractivity contribution >= 4 is 17.7 Å². The molecule has 15 heavy (non-hydrogen) atoms. The molecule has 1 heterocycles. The molecule has 0 radical (unpaired) electrons. The summed E-state index contributed by atoms with van der Waals surface area (Å²) in [7, 11) is 0. The van der Waals surface area contributed by atoms with E-state index in [-0.39, 0.29) is 11.8 Å². The van der Waals surface area contributed by atoms with E-state index in [1.165, 1.54) is 4.90 Å². The second kappa shape index (κ2) is 5.60. The molecule has 7 heteroatoms. The first-order valence-corrected chi connectivity index (χ1v) is 5.67. The highest BCUT2D eigenvalue weighted by Gasteiger charge is 2.30. The van der Waals surface area contributed by atoms with E-state index in [0.29, 0.717) is 19.6 Å². The van der Waals surface area contributed by atoms with Crippen LogP contribution in [0.2, 0.25) is 0 Å². The van der Waals surface area contributed by atoms with Gasteiger partial charge in [0.1, 0.15) is 0 Å². The van der Waals surface area contributed by atoms with Crippen molar-refractivity contribution < 1.29 is 18.0 Å². The summed E-state index contributed by atoms with van der Waals surface area (Å²) in [6.07, 6.45) is 0.794. The monoisotopic (exact) mass is 242 g/mol. The van der Waals surface area contributed by atoms with Gasteiger partial charge in [-0.1, -0.05) is 0 Å². The number of amides is 1. The van der Waals surface area contributed by atoms with Gasteiger partial charge in [-0.3, -0.25) is 4.79 Å². The Balaban J connectivity index is 2.32. The number of hydrogen-bond donors (Lipinski definition) is 1. The Morgan fingerprint density at radius 3 is 2.73 bits per heavy atom. The Hall–Kier alpha value is -0.430. The molecule has 0 aromatic heterocycles. The third kappa shape index (κ3) is 5.27. The first kappa shape index (κ1) is 12.6. The number of carbonyl (C=O) groups excluding carboxylic acids is 1. The van der Waals surface area contributed by atoms with E-state index in [1.807, 2.05) is 0 Å². The SMILES string of the molecule is O=C(CSC(F)(F)F)N1CCCNCC1. The van der Waals surface area contributed by atoms with Crippen LogP contribution in [0.3, 0.4) is 0 Å². The van der Waals surface area contributed by atoms with Crippen molar-refractivity contribution in [2.24, 2.45) is 0 Å². The number of nitrogens with zero attached hydrogens (tertiary/aromatic N) is 1. The molecule has 1 rings (SSSR count). The molecule has 1 amide bonds. The van der Waals surface area contributed by atoms with Gasteiger partial charge in [0.2, 0.25) is 5.91 Å². The first-order valence-electron chi connectivity index (χ1n) is 4.68. The summed E-state index contributed by atoms with van der Waals surface area (Å²) in [4.78, 5) is 12.9. The number of thioether (sulfide) groups is 1. The van der Waals surface area contributed by atoms with Gasteiger partial charge in [0, 0.05) is 19.6 Å². The number of nitrogens with one attached hydrogen (secondary N) is 1. The number of alkyl halides is 3. The van der Waals surface area contributed by atoms with E-state index in [9.17, 15) is 18.0 Å². The maximum Gasteiger partial charge on any atom is 0.442 e. The van der Waals surface area contributed by atoms with Gasteiger partial charge in [0.15, 0.2) is 0 Å². The average Bonchev–Trinajstić information content (AvgIpc) is 2.41. The quantitative estimate of drug-likeness (QED) is 0.786. The molecule has 3 nitrogen and oxygen atoms in total. The van der Waals surface area contributed by atoms with E-state index < -0.39 is 17.2 Å². The second-order valence-corrected chi connectivity index (χ2v) is 4.26. The molecule has 88 valence electrons. The summed E-state index contributed by atoms with van der Waals surface area (Å²) in [5.74, 6) is -0.940. The lowest BCUT2D eigenvalue weighted by Gasteiger charge is -2.19. The molecule has 1 aliphatic rings. The van der Waals surface area contributed by atoms with Crippen LogP contribution in [0.25, 0.3) is 0 Å². The predicted octanol–water partition coefficient (Wildman–Crippen LogP) is 1.06. The van der Waals surface area contributed by atoms with Crippen molar-refractivity contribution in [3.63, 3.8) is 0 Å². The van der Waals surface area contributed by atoms with Crippen LogP contribution in [0.1, 0.15) is 6.42 Å². The molecule has 0 bridgehead atoms. The number of hydrogen-bond acceptors (Lipinski definition) is 3. The fourth-order valence-electron chi connectivity index (χ4n) is 1.33. The van der Waals surface area contributed by atoms with Crippen LogP contribution in [0, 0.1) is 0 Å². The molecule has 0 saturated carbocycles. The van der Waals surface area contributed by atoms with Gasteiger partial charge < -0.3 is 10.2 Å². The van der Waals surface area contributed by atoms with E-state index in [1.54, 1.807) is 0 Å². The van der Waals surface area contributed by atoms with Gasteiger partial charge in [0.05, 0.1) is 5.75 Å². The highest BCUT2D eigenvalue weighted by molar-refractivity contribution is 8.00. The Labute approximate surface area is 90.4 Å². The van der Waals surface area contributed by atoms with Crippen LogP contribution in [-0.2, 0) is 4.79 Å². The molecule has 1 aliphatic heterocycles. The van der Waals surface area contributed by atoms with Gasteiger partial charge in [-0.05, 0) is 24.7 Å². The van der Waals surface area contributed by atoms with Crippen LogP contribution in [0.4, 0.5) is 13.2 Å². The summed E-state index contributed by atoms with van der Waals surface area (Å²) < 4.78 is 35.5. The Bertz CT molecular complexity index is 214. The van der Waals surface area contributed by atoms with Crippen molar-refractivity contribution in [3.05, 3.63) is 0 Å². The molecule has 0 spiro atoms. The van der Waals surface area contributed by atoms with Crippen LogP contribution in [0.15, 0.2) is 0 Å². The van der Waals surface area contributed by atoms with Crippen LogP contribution in [-0.4, -0.2) is 48.2 Å². The summed E-state index contributed by atoms with van der Waals surface area (Å²) >= 11 is -0.269. The molecule has 0 atom stereocenters. The summed E-state index contributed by atoms with van der Waals surface area (Å²) in [5, 5.41) is 3.08. The summed E-state index contributed by atoms with van der Waals surface area (Å²) in [6.45, 7) is 2.51. The minimum Gasteiger partial charge on any atom is -0.341 e. The summed E-state index contributed by atoms with van der Waals surface area (Å²) in [6, 6.07) is 0. The highest BCUT2D eigenvalue weighted by atomic mass is 32.2. The predicted molar refractivity (Wildman–Crippen MR) is 52.6 cm³/mol. The second-order valence-electron chi connectivity index (χ2n) is 3.22. The Kier molecular flexibility index (Phi) is 4.72. The minimum atomic E-state index is -4.32. The van der Waals surface area contributed by atoms with Gasteiger partial charge in [-0.15, -0.1) is 0 Å². The molecule has 1 saturated heterocycles. The fourth-order valence-corrected chi connectivity index (χ4v) is 1.80. The fraction of sp³-hybridized carbons (Fsp3) is 0.875. The van der Waals surface area contributed by atoms with Crippen molar-refractivity contribution in [1.82, 2.24) is 10.2 Å². The van der Waals surface area contributed by atoms with Crippen LogP contribution in [0.5, 0.6) is 0 Å². The molecular weight excluding hydrogens is 229 g/mol. The highest BCUT2D eigenvalue weighted by Crippen LogP contribution is 2.30. The van der Waals surface area contributed by atoms with Crippen LogP contribution >= 0.6 is 11.8 Å². The third-order valence-corrected chi connectivity index (χ3v) is 2.77. The van der Waals surface area contributed by atoms with Crippen LogP contribution < -0.4 is 5.32 Å². The number of rotatable bonds is 2. The lowest BCUT2D eigenvalue weighted by molar-refractivity contribution is -0.128. The average molecular weight is 242 g/mol.